The van der Waals surface area contributed by atoms with E-state index in [-0.39, 0.29) is 6.04 Å². The van der Waals surface area contributed by atoms with Crippen molar-refractivity contribution in [2.45, 2.75) is 73.0 Å². The summed E-state index contributed by atoms with van der Waals surface area (Å²) in [7, 11) is 1.98. The zero-order chi connectivity index (χ0) is 30.7. The maximum Gasteiger partial charge on any atom is 0.416 e. The molecular formula is C33H43F3N4. The molecule has 1 unspecified atom stereocenters. The van der Waals surface area contributed by atoms with Gasteiger partial charge < -0.3 is 10.2 Å². The molecule has 2 aromatic rings. The largest absolute Gasteiger partial charge is 0.416 e. The Morgan fingerprint density at radius 3 is 2.45 bits per heavy atom. The Labute approximate surface area is 239 Å². The molecule has 0 amide bonds. The number of anilines is 1. The molecule has 0 saturated carbocycles. The fraction of sp³-hybridized carbons (Fsp3) is 0.394. The highest BCUT2D eigenvalue weighted by Gasteiger charge is 2.32. The van der Waals surface area contributed by atoms with Crippen LogP contribution in [-0.2, 0) is 0 Å². The number of nitriles is 1. The van der Waals surface area contributed by atoms with Crippen molar-refractivity contribution in [1.82, 2.24) is 9.88 Å². The number of likely N-dealkylation sites (tertiary alicyclic amines) is 1. The van der Waals surface area contributed by atoms with E-state index in [0.717, 1.165) is 29.4 Å². The molecule has 2 heterocycles. The lowest BCUT2D eigenvalue weighted by Gasteiger charge is -2.20. The molecule has 40 heavy (non-hydrogen) atoms. The SMILES string of the molecule is C#C.CC.CC.C\C=C/C(=C\C(=C\CC)C(F)(F)F)C/C=C1/C(Nc2nccc3ccc(C#N)cc23)CCN1C. The van der Waals surface area contributed by atoms with E-state index in [2.05, 4.69) is 34.1 Å². The first kappa shape index (κ1) is 36.0. The van der Waals surface area contributed by atoms with Crippen molar-refractivity contribution in [1.29, 1.82) is 5.26 Å². The summed E-state index contributed by atoms with van der Waals surface area (Å²) in [5, 5.41) is 14.6. The quantitative estimate of drug-likeness (QED) is 0.275. The number of pyridine rings is 1. The summed E-state index contributed by atoms with van der Waals surface area (Å²) in [5.41, 5.74) is 1.54. The zero-order valence-corrected chi connectivity index (χ0v) is 24.8. The number of allylic oxidation sites excluding steroid dienone is 7. The Morgan fingerprint density at radius 2 is 1.88 bits per heavy atom. The van der Waals surface area contributed by atoms with Crippen LogP contribution in [0.1, 0.15) is 66.4 Å². The van der Waals surface area contributed by atoms with Crippen molar-refractivity contribution < 1.29 is 13.2 Å². The second kappa shape index (κ2) is 19.1. The summed E-state index contributed by atoms with van der Waals surface area (Å²) in [4.78, 5) is 6.61. The standard InChI is InChI=1S/C27H29F3N4.2C2H6.C2H2/c1-4-6-19(16-22(7-5-2)27(28,29)30)9-11-25-24(13-15-34(25)3)33-26-23-17-20(18-31)8-10-21(23)12-14-32-26;3*1-2/h4,6-8,10-12,14,16-17,24H,5,9,13,15H2,1-3H3,(H,32,33);2*1-2H3;1-2H/b6-4-,19-16+,22-7-,25-11-;;;. The van der Waals surface area contributed by atoms with Gasteiger partial charge in [0.15, 0.2) is 0 Å². The Kier molecular flexibility index (Phi) is 17.2. The minimum Gasteiger partial charge on any atom is -0.376 e. The molecule has 3 rings (SSSR count). The summed E-state index contributed by atoms with van der Waals surface area (Å²) in [6, 6.07) is 9.52. The third kappa shape index (κ3) is 10.7. The van der Waals surface area contributed by atoms with E-state index in [0.29, 0.717) is 29.8 Å². The lowest BCUT2D eigenvalue weighted by atomic mass is 10.0. The number of terminal acetylenes is 1. The normalized spacial score (nSPS) is 16.3. The van der Waals surface area contributed by atoms with Gasteiger partial charge in [-0.05, 0) is 61.4 Å². The average molecular weight is 553 g/mol. The van der Waals surface area contributed by atoms with Gasteiger partial charge in [-0.15, -0.1) is 12.8 Å². The number of fused-ring (bicyclic) bond motifs is 1. The number of aromatic nitrogens is 1. The van der Waals surface area contributed by atoms with Crippen molar-refractivity contribution in [2.24, 2.45) is 0 Å². The van der Waals surface area contributed by atoms with Crippen LogP contribution in [0, 0.1) is 24.2 Å². The second-order valence-electron chi connectivity index (χ2n) is 8.23. The molecule has 1 aliphatic rings. The topological polar surface area (TPSA) is 52.0 Å². The number of nitrogens with one attached hydrogen (secondary N) is 1. The fourth-order valence-corrected chi connectivity index (χ4v) is 4.12. The van der Waals surface area contributed by atoms with Gasteiger partial charge in [0, 0.05) is 30.9 Å². The molecule has 1 aromatic heterocycles. The molecule has 1 saturated heterocycles. The van der Waals surface area contributed by atoms with Crippen molar-refractivity contribution in [2.75, 3.05) is 18.9 Å². The third-order valence-corrected chi connectivity index (χ3v) is 5.78. The average Bonchev–Trinajstić information content (AvgIpc) is 3.32. The molecule has 7 heteroatoms. The lowest BCUT2D eigenvalue weighted by molar-refractivity contribution is -0.0884. The van der Waals surface area contributed by atoms with Crippen LogP contribution in [0.15, 0.2) is 77.7 Å². The predicted molar refractivity (Wildman–Crippen MR) is 164 cm³/mol. The minimum absolute atomic E-state index is 0.0334. The van der Waals surface area contributed by atoms with E-state index in [1.54, 1.807) is 38.3 Å². The van der Waals surface area contributed by atoms with Crippen LogP contribution in [0.5, 0.6) is 0 Å². The van der Waals surface area contributed by atoms with Crippen LogP contribution in [0.3, 0.4) is 0 Å². The van der Waals surface area contributed by atoms with E-state index >= 15 is 0 Å². The molecule has 1 atom stereocenters. The number of rotatable bonds is 7. The monoisotopic (exact) mass is 552 g/mol. The maximum atomic E-state index is 13.4. The van der Waals surface area contributed by atoms with Crippen LogP contribution in [0.4, 0.5) is 19.0 Å². The van der Waals surface area contributed by atoms with E-state index < -0.39 is 11.7 Å². The number of hydrogen-bond acceptors (Lipinski definition) is 4. The van der Waals surface area contributed by atoms with Gasteiger partial charge in [0.25, 0.3) is 0 Å². The van der Waals surface area contributed by atoms with Crippen molar-refractivity contribution >= 4 is 16.6 Å². The van der Waals surface area contributed by atoms with Crippen LogP contribution in [0.2, 0.25) is 0 Å². The molecule has 0 bridgehead atoms. The van der Waals surface area contributed by atoms with Gasteiger partial charge in [-0.1, -0.05) is 65.0 Å². The fourth-order valence-electron chi connectivity index (χ4n) is 4.12. The summed E-state index contributed by atoms with van der Waals surface area (Å²) < 4.78 is 40.2. The molecule has 0 spiro atoms. The Morgan fingerprint density at radius 1 is 1.20 bits per heavy atom. The van der Waals surface area contributed by atoms with Crippen molar-refractivity contribution in [3.05, 3.63) is 83.2 Å². The number of hydrogen-bond donors (Lipinski definition) is 1. The Balaban J connectivity index is 0.00000237. The van der Waals surface area contributed by atoms with Crippen LogP contribution in [0.25, 0.3) is 10.8 Å². The highest BCUT2D eigenvalue weighted by Crippen LogP contribution is 2.31. The van der Waals surface area contributed by atoms with Gasteiger partial charge in [0.1, 0.15) is 5.82 Å². The number of alkyl halides is 3. The first-order chi connectivity index (χ1) is 19.3. The lowest BCUT2D eigenvalue weighted by Crippen LogP contribution is -2.22. The smallest absolute Gasteiger partial charge is 0.376 e. The van der Waals surface area contributed by atoms with Crippen LogP contribution >= 0.6 is 0 Å². The minimum atomic E-state index is -4.38. The van der Waals surface area contributed by atoms with Gasteiger partial charge >= 0.3 is 6.18 Å². The Bertz CT molecular complexity index is 1230. The number of likely N-dealkylation sites (N-methyl/N-ethyl adjacent to an activating group) is 1. The summed E-state index contributed by atoms with van der Waals surface area (Å²) >= 11 is 0. The molecule has 1 aliphatic heterocycles. The Hall–Kier alpha value is -3.97. The maximum absolute atomic E-state index is 13.4. The van der Waals surface area contributed by atoms with Crippen LogP contribution in [-0.4, -0.2) is 35.7 Å². The summed E-state index contributed by atoms with van der Waals surface area (Å²) in [6.07, 6.45) is 14.8. The highest BCUT2D eigenvalue weighted by atomic mass is 19.4. The second-order valence-corrected chi connectivity index (χ2v) is 8.23. The van der Waals surface area contributed by atoms with Gasteiger partial charge in [0.05, 0.1) is 23.2 Å². The zero-order valence-electron chi connectivity index (χ0n) is 24.8. The van der Waals surface area contributed by atoms with E-state index in [4.69, 9.17) is 0 Å². The molecule has 0 aliphatic carbocycles. The molecule has 216 valence electrons. The van der Waals surface area contributed by atoms with Gasteiger partial charge in [-0.2, -0.15) is 18.4 Å². The molecule has 1 aromatic carbocycles. The molecule has 0 radical (unpaired) electrons. The van der Waals surface area contributed by atoms with Gasteiger partial charge in [-0.3, -0.25) is 0 Å². The van der Waals surface area contributed by atoms with E-state index in [1.165, 1.54) is 12.2 Å². The number of nitrogens with zero attached hydrogens (tertiary/aromatic N) is 3. The van der Waals surface area contributed by atoms with Gasteiger partial charge in [-0.25, -0.2) is 4.98 Å². The van der Waals surface area contributed by atoms with E-state index in [9.17, 15) is 18.4 Å². The van der Waals surface area contributed by atoms with Crippen molar-refractivity contribution in [3.63, 3.8) is 0 Å². The highest BCUT2D eigenvalue weighted by molar-refractivity contribution is 5.92. The number of halogens is 3. The van der Waals surface area contributed by atoms with E-state index in [1.807, 2.05) is 59.0 Å². The first-order valence-corrected chi connectivity index (χ1v) is 13.7. The number of benzene rings is 1. The van der Waals surface area contributed by atoms with Crippen LogP contribution < -0.4 is 5.32 Å². The molecule has 1 N–H and O–H groups in total. The predicted octanol–water partition coefficient (Wildman–Crippen LogP) is 9.20. The molecule has 4 nitrogen and oxygen atoms in total. The first-order valence-electron chi connectivity index (χ1n) is 13.7. The van der Waals surface area contributed by atoms with Gasteiger partial charge in [0.2, 0.25) is 0 Å². The summed E-state index contributed by atoms with van der Waals surface area (Å²) in [5.74, 6) is 0.690. The third-order valence-electron chi connectivity index (χ3n) is 5.78. The molecule has 1 fully saturated rings. The van der Waals surface area contributed by atoms with Crippen molar-refractivity contribution in [3.8, 4) is 18.9 Å². The summed E-state index contributed by atoms with van der Waals surface area (Å²) in [6.45, 7) is 12.3. The molecular weight excluding hydrogens is 509 g/mol.